The Morgan fingerprint density at radius 3 is 2.65 bits per heavy atom. The molecule has 0 saturated carbocycles. The first-order valence-corrected chi connectivity index (χ1v) is 10.6. The number of anilines is 1. The molecule has 2 aromatic carbocycles. The molecule has 8 heteroatoms. The number of benzene rings is 2. The summed E-state index contributed by atoms with van der Waals surface area (Å²) in [7, 11) is 1.60. The second-order valence-corrected chi connectivity index (χ2v) is 7.56. The van der Waals surface area contributed by atoms with Crippen molar-refractivity contribution in [3.63, 3.8) is 0 Å². The number of carbonyl (C=O) groups is 1. The van der Waals surface area contributed by atoms with Gasteiger partial charge in [0.2, 0.25) is 0 Å². The lowest BCUT2D eigenvalue weighted by Gasteiger charge is -2.15. The quantitative estimate of drug-likeness (QED) is 0.348. The smallest absolute Gasteiger partial charge is 0.303 e. The van der Waals surface area contributed by atoms with E-state index < -0.39 is 11.8 Å². The number of aromatic nitrogens is 2. The zero-order valence-electron chi connectivity index (χ0n) is 18.4. The van der Waals surface area contributed by atoms with Gasteiger partial charge in [-0.2, -0.15) is 5.26 Å². The first-order valence-electron chi connectivity index (χ1n) is 10.6. The molecule has 2 heterocycles. The first kappa shape index (κ1) is 22.7. The van der Waals surface area contributed by atoms with E-state index in [0.29, 0.717) is 46.6 Å². The number of hydrogen-bond acceptors (Lipinski definition) is 6. The summed E-state index contributed by atoms with van der Waals surface area (Å²) < 4.78 is 19.4. The Bertz CT molecular complexity index is 1400. The molecule has 0 radical (unpaired) electrons. The number of methoxy groups -OCH3 is 1. The second kappa shape index (κ2) is 9.96. The molecule has 0 aliphatic rings. The third kappa shape index (κ3) is 4.64. The molecule has 0 unspecified atom stereocenters. The number of carboxylic acids is 1. The number of pyridine rings is 2. The van der Waals surface area contributed by atoms with E-state index in [-0.39, 0.29) is 12.0 Å². The van der Waals surface area contributed by atoms with Gasteiger partial charge in [-0.25, -0.2) is 9.37 Å². The zero-order valence-corrected chi connectivity index (χ0v) is 18.4. The van der Waals surface area contributed by atoms with Crippen LogP contribution in [0.3, 0.4) is 0 Å². The Kier molecular flexibility index (Phi) is 6.64. The average Bonchev–Trinajstić information content (AvgIpc) is 2.86. The van der Waals surface area contributed by atoms with Gasteiger partial charge in [-0.15, -0.1) is 0 Å². The molecule has 170 valence electrons. The van der Waals surface area contributed by atoms with Gasteiger partial charge < -0.3 is 15.2 Å². The van der Waals surface area contributed by atoms with Gasteiger partial charge in [0.25, 0.3) is 0 Å². The molecule has 4 rings (SSSR count). The highest BCUT2D eigenvalue weighted by atomic mass is 19.1. The Hall–Kier alpha value is -4.51. The van der Waals surface area contributed by atoms with Crippen LogP contribution in [0.1, 0.15) is 18.4 Å². The molecule has 0 atom stereocenters. The van der Waals surface area contributed by atoms with Gasteiger partial charge in [0.15, 0.2) is 0 Å². The van der Waals surface area contributed by atoms with E-state index in [1.54, 1.807) is 31.6 Å². The number of nitrogens with zero attached hydrogens (tertiary/aromatic N) is 3. The summed E-state index contributed by atoms with van der Waals surface area (Å²) >= 11 is 0. The molecule has 2 aromatic heterocycles. The van der Waals surface area contributed by atoms with Crippen molar-refractivity contribution < 1.29 is 19.0 Å². The van der Waals surface area contributed by atoms with Crippen molar-refractivity contribution in [2.24, 2.45) is 0 Å². The van der Waals surface area contributed by atoms with Crippen LogP contribution in [0.25, 0.3) is 33.3 Å². The fraction of sp³-hybridized carbons (Fsp3) is 0.154. The minimum absolute atomic E-state index is 0.0155. The van der Waals surface area contributed by atoms with Crippen LogP contribution < -0.4 is 10.1 Å². The van der Waals surface area contributed by atoms with Crippen LogP contribution >= 0.6 is 0 Å². The minimum atomic E-state index is -0.904. The normalized spacial score (nSPS) is 10.6. The molecule has 7 nitrogen and oxygen atoms in total. The van der Waals surface area contributed by atoms with Crippen molar-refractivity contribution in [2.45, 2.75) is 12.8 Å². The molecule has 34 heavy (non-hydrogen) atoms. The molecular weight excluding hydrogens is 435 g/mol. The van der Waals surface area contributed by atoms with Crippen molar-refractivity contribution in [1.29, 1.82) is 5.26 Å². The largest absolute Gasteiger partial charge is 0.496 e. The van der Waals surface area contributed by atoms with Gasteiger partial charge in [0.1, 0.15) is 23.2 Å². The summed E-state index contributed by atoms with van der Waals surface area (Å²) in [5, 5.41) is 22.5. The van der Waals surface area contributed by atoms with Gasteiger partial charge in [-0.05, 0) is 36.2 Å². The number of hydrogen-bond donors (Lipinski definition) is 2. The number of nitriles is 1. The minimum Gasteiger partial charge on any atom is -0.496 e. The van der Waals surface area contributed by atoms with Crippen molar-refractivity contribution in [2.75, 3.05) is 19.0 Å². The van der Waals surface area contributed by atoms with Gasteiger partial charge in [0, 0.05) is 41.9 Å². The molecule has 4 aromatic rings. The highest BCUT2D eigenvalue weighted by Gasteiger charge is 2.18. The van der Waals surface area contributed by atoms with E-state index >= 15 is 0 Å². The standard InChI is InChI=1S/C26H21FN4O3/c1-34-23-10-12-29-15-21(23)16-4-6-17(7-5-16)25-20(14-28)26(30-11-2-3-24(32)33)19-13-18(27)8-9-22(19)31-25/h4-10,12-13,15H,2-3,11H2,1H3,(H,30,31)(H,32,33). The lowest BCUT2D eigenvalue weighted by Crippen LogP contribution is -2.08. The van der Waals surface area contributed by atoms with E-state index in [1.165, 1.54) is 12.1 Å². The first-order chi connectivity index (χ1) is 16.5. The molecule has 0 bridgehead atoms. The van der Waals surface area contributed by atoms with E-state index in [2.05, 4.69) is 21.4 Å². The molecule has 0 amide bonds. The predicted molar refractivity (Wildman–Crippen MR) is 127 cm³/mol. The fourth-order valence-electron chi connectivity index (χ4n) is 3.77. The molecule has 0 aliphatic carbocycles. The zero-order chi connectivity index (χ0) is 24.1. The Morgan fingerprint density at radius 1 is 1.18 bits per heavy atom. The topological polar surface area (TPSA) is 108 Å². The summed E-state index contributed by atoms with van der Waals surface area (Å²) in [6, 6.07) is 15.7. The lowest BCUT2D eigenvalue weighted by molar-refractivity contribution is -0.137. The summed E-state index contributed by atoms with van der Waals surface area (Å²) in [5.74, 6) is -0.660. The Morgan fingerprint density at radius 2 is 1.94 bits per heavy atom. The third-order valence-corrected chi connectivity index (χ3v) is 5.40. The average molecular weight is 456 g/mol. The van der Waals surface area contributed by atoms with Gasteiger partial charge in [0.05, 0.1) is 24.0 Å². The maximum Gasteiger partial charge on any atom is 0.303 e. The number of nitrogens with one attached hydrogen (secondary N) is 1. The van der Waals surface area contributed by atoms with Crippen molar-refractivity contribution in [3.05, 3.63) is 72.3 Å². The summed E-state index contributed by atoms with van der Waals surface area (Å²) in [6.45, 7) is 0.315. The molecule has 0 saturated heterocycles. The number of fused-ring (bicyclic) bond motifs is 1. The molecule has 0 spiro atoms. The maximum absolute atomic E-state index is 14.0. The SMILES string of the molecule is COc1ccncc1-c1ccc(-c2nc3ccc(F)cc3c(NCCCC(=O)O)c2C#N)cc1. The Balaban J connectivity index is 1.78. The van der Waals surface area contributed by atoms with Crippen LogP contribution in [-0.2, 0) is 4.79 Å². The monoisotopic (exact) mass is 456 g/mol. The molecular formula is C26H21FN4O3. The van der Waals surface area contributed by atoms with E-state index in [1.807, 2.05) is 24.3 Å². The van der Waals surface area contributed by atoms with E-state index in [9.17, 15) is 14.4 Å². The predicted octanol–water partition coefficient (Wildman–Crippen LogP) is 5.26. The maximum atomic E-state index is 14.0. The number of carboxylic acid groups (broad SMARTS) is 1. The van der Waals surface area contributed by atoms with Crippen LogP contribution in [-0.4, -0.2) is 34.7 Å². The van der Waals surface area contributed by atoms with Crippen molar-refractivity contribution >= 4 is 22.6 Å². The molecule has 2 N–H and O–H groups in total. The van der Waals surface area contributed by atoms with Gasteiger partial charge in [-0.3, -0.25) is 9.78 Å². The Labute approximate surface area is 195 Å². The summed E-state index contributed by atoms with van der Waals surface area (Å²) in [4.78, 5) is 19.7. The number of ether oxygens (including phenoxy) is 1. The van der Waals surface area contributed by atoms with Crippen LogP contribution in [0.2, 0.25) is 0 Å². The summed E-state index contributed by atoms with van der Waals surface area (Å²) in [5.41, 5.74) is 4.11. The second-order valence-electron chi connectivity index (χ2n) is 7.56. The lowest BCUT2D eigenvalue weighted by atomic mass is 9.98. The number of halogens is 1. The van der Waals surface area contributed by atoms with Gasteiger partial charge in [-0.1, -0.05) is 24.3 Å². The van der Waals surface area contributed by atoms with Gasteiger partial charge >= 0.3 is 5.97 Å². The number of aliphatic carboxylic acids is 1. The summed E-state index contributed by atoms with van der Waals surface area (Å²) in [6.07, 6.45) is 3.72. The van der Waals surface area contributed by atoms with Crippen LogP contribution in [0, 0.1) is 17.1 Å². The van der Waals surface area contributed by atoms with Crippen LogP contribution in [0.5, 0.6) is 5.75 Å². The fourth-order valence-corrected chi connectivity index (χ4v) is 3.77. The van der Waals surface area contributed by atoms with Crippen LogP contribution in [0.4, 0.5) is 10.1 Å². The van der Waals surface area contributed by atoms with Crippen LogP contribution in [0.15, 0.2) is 60.9 Å². The van der Waals surface area contributed by atoms with Crippen molar-refractivity contribution in [3.8, 4) is 34.2 Å². The van der Waals surface area contributed by atoms with E-state index in [0.717, 1.165) is 11.1 Å². The molecule has 0 aliphatic heterocycles. The molecule has 0 fully saturated rings. The number of rotatable bonds is 8. The van der Waals surface area contributed by atoms with E-state index in [4.69, 9.17) is 9.84 Å². The van der Waals surface area contributed by atoms with Crippen molar-refractivity contribution in [1.82, 2.24) is 9.97 Å². The third-order valence-electron chi connectivity index (χ3n) is 5.40. The highest BCUT2D eigenvalue weighted by molar-refractivity contribution is 5.98. The highest BCUT2D eigenvalue weighted by Crippen LogP contribution is 2.36.